The number of aryl methyl sites for hydroxylation is 1. The summed E-state index contributed by atoms with van der Waals surface area (Å²) in [6.07, 6.45) is 22.6. The normalized spacial score (nSPS) is 25.9. The van der Waals surface area contributed by atoms with Crippen LogP contribution in [0.25, 0.3) is 0 Å². The maximum absolute atomic E-state index is 12.8. The predicted molar refractivity (Wildman–Crippen MR) is 142 cm³/mol. The molecule has 2 heteroatoms. The summed E-state index contributed by atoms with van der Waals surface area (Å²) in [5.74, 6) is 2.22. The van der Waals surface area contributed by atoms with Gasteiger partial charge in [0.1, 0.15) is 6.07 Å². The van der Waals surface area contributed by atoms with Gasteiger partial charge in [0.2, 0.25) is 0 Å². The Balaban J connectivity index is 1.36. The molecule has 1 aromatic rings. The van der Waals surface area contributed by atoms with E-state index in [2.05, 4.69) is 37.8 Å². The highest BCUT2D eigenvalue weighted by Crippen LogP contribution is 2.44. The number of allylic oxidation sites excluding steroid dienone is 5. The van der Waals surface area contributed by atoms with E-state index in [4.69, 9.17) is 5.26 Å². The van der Waals surface area contributed by atoms with Gasteiger partial charge >= 0.3 is 0 Å². The van der Waals surface area contributed by atoms with Crippen molar-refractivity contribution in [2.75, 3.05) is 0 Å². The SMILES string of the molecule is C=C(C1CCC(CCC=CC=C(F)C#N)CC1)C1CCC(c2ccc(CCCCC)cc2)CC1. The molecule has 2 saturated carbocycles. The zero-order valence-corrected chi connectivity index (χ0v) is 21.3. The van der Waals surface area contributed by atoms with Gasteiger partial charge in [-0.15, -0.1) is 0 Å². The molecule has 0 N–H and O–H groups in total. The van der Waals surface area contributed by atoms with Crippen LogP contribution in [0.5, 0.6) is 0 Å². The van der Waals surface area contributed by atoms with E-state index < -0.39 is 5.83 Å². The van der Waals surface area contributed by atoms with Crippen molar-refractivity contribution in [3.63, 3.8) is 0 Å². The fourth-order valence-corrected chi connectivity index (χ4v) is 6.11. The topological polar surface area (TPSA) is 23.8 Å². The van der Waals surface area contributed by atoms with Gasteiger partial charge < -0.3 is 0 Å². The second-order valence-corrected chi connectivity index (χ2v) is 10.7. The molecule has 0 unspecified atom stereocenters. The molecule has 0 heterocycles. The van der Waals surface area contributed by atoms with Crippen molar-refractivity contribution in [3.05, 3.63) is 71.6 Å². The molecule has 2 aliphatic carbocycles. The highest BCUT2D eigenvalue weighted by atomic mass is 19.1. The highest BCUT2D eigenvalue weighted by molar-refractivity contribution is 5.26. The van der Waals surface area contributed by atoms with E-state index in [-0.39, 0.29) is 0 Å². The molecule has 0 aromatic heterocycles. The second kappa shape index (κ2) is 14.3. The molecular formula is C32H44FN. The Morgan fingerprint density at radius 1 is 1.00 bits per heavy atom. The molecule has 34 heavy (non-hydrogen) atoms. The molecule has 0 saturated heterocycles. The average molecular weight is 462 g/mol. The Morgan fingerprint density at radius 2 is 1.65 bits per heavy atom. The van der Waals surface area contributed by atoms with Crippen LogP contribution in [0, 0.1) is 29.1 Å². The molecule has 2 aliphatic rings. The van der Waals surface area contributed by atoms with Crippen molar-refractivity contribution in [2.45, 2.75) is 103 Å². The smallest absolute Gasteiger partial charge is 0.195 e. The second-order valence-electron chi connectivity index (χ2n) is 10.7. The van der Waals surface area contributed by atoms with Crippen LogP contribution in [0.15, 0.2) is 60.5 Å². The quantitative estimate of drug-likeness (QED) is 0.139. The average Bonchev–Trinajstić information content (AvgIpc) is 2.89. The first-order valence-electron chi connectivity index (χ1n) is 13.8. The lowest BCUT2D eigenvalue weighted by atomic mass is 9.69. The zero-order valence-electron chi connectivity index (χ0n) is 21.3. The monoisotopic (exact) mass is 461 g/mol. The first-order chi connectivity index (χ1) is 16.6. The summed E-state index contributed by atoms with van der Waals surface area (Å²) in [7, 11) is 0. The minimum atomic E-state index is -0.722. The summed E-state index contributed by atoms with van der Waals surface area (Å²) < 4.78 is 12.8. The Kier molecular flexibility index (Phi) is 11.1. The van der Waals surface area contributed by atoms with Crippen LogP contribution in [0.3, 0.4) is 0 Å². The van der Waals surface area contributed by atoms with E-state index in [0.717, 1.165) is 24.2 Å². The van der Waals surface area contributed by atoms with Crippen molar-refractivity contribution in [1.82, 2.24) is 0 Å². The van der Waals surface area contributed by atoms with Crippen LogP contribution in [0.2, 0.25) is 0 Å². The van der Waals surface area contributed by atoms with Crippen molar-refractivity contribution in [3.8, 4) is 6.07 Å². The van der Waals surface area contributed by atoms with Crippen LogP contribution >= 0.6 is 0 Å². The van der Waals surface area contributed by atoms with Gasteiger partial charge in [-0.25, -0.2) is 0 Å². The van der Waals surface area contributed by atoms with Crippen molar-refractivity contribution in [2.24, 2.45) is 17.8 Å². The van der Waals surface area contributed by atoms with E-state index in [1.54, 1.807) is 17.2 Å². The van der Waals surface area contributed by atoms with Crippen LogP contribution in [-0.2, 0) is 6.42 Å². The number of benzene rings is 1. The fourth-order valence-electron chi connectivity index (χ4n) is 6.11. The number of nitriles is 1. The molecule has 0 atom stereocenters. The lowest BCUT2D eigenvalue weighted by Crippen LogP contribution is -2.22. The molecule has 0 bridgehead atoms. The van der Waals surface area contributed by atoms with Crippen LogP contribution in [0.1, 0.15) is 107 Å². The standard InChI is InChI=1S/C32H44FN/c1-3-4-6-9-26-14-18-30(19-15-26)31-22-20-29(21-23-31)25(2)28-16-12-27(13-17-28)10-7-5-8-11-32(33)24-34/h5,8,11,14-15,18-19,27-29,31H,2-4,6-7,9-10,12-13,16-17,20-23H2,1H3. The fraction of sp³-hybridized carbons (Fsp3) is 0.594. The van der Waals surface area contributed by atoms with E-state index in [1.807, 2.05) is 6.08 Å². The van der Waals surface area contributed by atoms with E-state index in [9.17, 15) is 4.39 Å². The molecule has 184 valence electrons. The molecule has 0 spiro atoms. The molecule has 3 rings (SSSR count). The van der Waals surface area contributed by atoms with Crippen molar-refractivity contribution in [1.29, 1.82) is 5.26 Å². The number of halogens is 1. The summed E-state index contributed by atoms with van der Waals surface area (Å²) in [5, 5.41) is 8.43. The number of hydrogen-bond donors (Lipinski definition) is 0. The first-order valence-corrected chi connectivity index (χ1v) is 13.8. The number of rotatable bonds is 11. The molecule has 0 radical (unpaired) electrons. The van der Waals surface area contributed by atoms with Crippen LogP contribution < -0.4 is 0 Å². The van der Waals surface area contributed by atoms with Gasteiger partial charge in [-0.2, -0.15) is 9.65 Å². The van der Waals surface area contributed by atoms with Crippen molar-refractivity contribution < 1.29 is 4.39 Å². The maximum atomic E-state index is 12.8. The van der Waals surface area contributed by atoms with Crippen LogP contribution in [0.4, 0.5) is 4.39 Å². The summed E-state index contributed by atoms with van der Waals surface area (Å²) >= 11 is 0. The van der Waals surface area contributed by atoms with Crippen LogP contribution in [-0.4, -0.2) is 0 Å². The Hall–Kier alpha value is -2.14. The Labute approximate surface area is 207 Å². The molecule has 0 aliphatic heterocycles. The minimum Gasteiger partial charge on any atom is -0.195 e. The number of nitrogens with zero attached hydrogens (tertiary/aromatic N) is 1. The van der Waals surface area contributed by atoms with E-state index in [0.29, 0.717) is 5.92 Å². The molecule has 2 fully saturated rings. The third-order valence-electron chi connectivity index (χ3n) is 8.37. The summed E-state index contributed by atoms with van der Waals surface area (Å²) in [5.41, 5.74) is 4.58. The molecule has 1 nitrogen and oxygen atoms in total. The third kappa shape index (κ3) is 8.26. The van der Waals surface area contributed by atoms with Crippen molar-refractivity contribution >= 4 is 0 Å². The lowest BCUT2D eigenvalue weighted by Gasteiger charge is -2.36. The van der Waals surface area contributed by atoms with Gasteiger partial charge in [-0.05, 0) is 118 Å². The Bertz CT molecular complexity index is 840. The lowest BCUT2D eigenvalue weighted by molar-refractivity contribution is 0.260. The van der Waals surface area contributed by atoms with E-state index in [1.165, 1.54) is 101 Å². The predicted octanol–water partition coefficient (Wildman–Crippen LogP) is 9.77. The minimum absolute atomic E-state index is 0.711. The number of hydrogen-bond acceptors (Lipinski definition) is 1. The van der Waals surface area contributed by atoms with Gasteiger partial charge in [-0.1, -0.05) is 68.3 Å². The first kappa shape index (κ1) is 26.5. The third-order valence-corrected chi connectivity index (χ3v) is 8.37. The maximum Gasteiger partial charge on any atom is 0.199 e. The molecule has 1 aromatic carbocycles. The van der Waals surface area contributed by atoms with Gasteiger partial charge in [-0.3, -0.25) is 0 Å². The molecule has 0 amide bonds. The summed E-state index contributed by atoms with van der Waals surface area (Å²) in [6.45, 7) is 6.87. The van der Waals surface area contributed by atoms with Gasteiger partial charge in [0.05, 0.1) is 0 Å². The zero-order chi connectivity index (χ0) is 24.2. The summed E-state index contributed by atoms with van der Waals surface area (Å²) in [4.78, 5) is 0. The number of unbranched alkanes of at least 4 members (excludes halogenated alkanes) is 2. The highest BCUT2D eigenvalue weighted by Gasteiger charge is 2.29. The molecular weight excluding hydrogens is 417 g/mol. The Morgan fingerprint density at radius 3 is 2.26 bits per heavy atom. The van der Waals surface area contributed by atoms with E-state index >= 15 is 0 Å². The van der Waals surface area contributed by atoms with Gasteiger partial charge in [0.25, 0.3) is 0 Å². The van der Waals surface area contributed by atoms with Gasteiger partial charge in [0.15, 0.2) is 5.83 Å². The largest absolute Gasteiger partial charge is 0.199 e. The summed E-state index contributed by atoms with van der Waals surface area (Å²) in [6, 6.07) is 11.0. The van der Waals surface area contributed by atoms with Gasteiger partial charge in [0, 0.05) is 0 Å².